The molecule has 0 fully saturated rings. The Morgan fingerprint density at radius 1 is 1.33 bits per heavy atom. The zero-order chi connectivity index (χ0) is 13.8. The second-order valence-corrected chi connectivity index (χ2v) is 7.14. The zero-order valence-corrected chi connectivity index (χ0v) is 13.2. The summed E-state index contributed by atoms with van der Waals surface area (Å²) in [5.41, 5.74) is 0.372. The Labute approximate surface area is 119 Å². The third kappa shape index (κ3) is 4.21. The predicted octanol–water partition coefficient (Wildman–Crippen LogP) is 2.22. The number of carbonyl (C=O) groups excluding carboxylic acids is 1. The van der Waals surface area contributed by atoms with E-state index in [4.69, 9.17) is 0 Å². The van der Waals surface area contributed by atoms with Crippen molar-refractivity contribution in [2.24, 2.45) is 0 Å². The van der Waals surface area contributed by atoms with Gasteiger partial charge in [-0.25, -0.2) is 0 Å². The van der Waals surface area contributed by atoms with Crippen molar-refractivity contribution in [1.29, 1.82) is 0 Å². The van der Waals surface area contributed by atoms with Crippen LogP contribution in [0.2, 0.25) is 0 Å². The van der Waals surface area contributed by atoms with Crippen LogP contribution in [-0.2, 0) is 21.0 Å². The summed E-state index contributed by atoms with van der Waals surface area (Å²) < 4.78 is 11.9. The third-order valence-electron chi connectivity index (χ3n) is 2.81. The molecule has 0 aromatic heterocycles. The molecule has 1 rings (SSSR count). The lowest BCUT2D eigenvalue weighted by Crippen LogP contribution is -2.41. The van der Waals surface area contributed by atoms with E-state index >= 15 is 0 Å². The van der Waals surface area contributed by atoms with E-state index in [0.717, 1.165) is 10.0 Å². The van der Waals surface area contributed by atoms with Crippen LogP contribution in [-0.4, -0.2) is 28.7 Å². The van der Waals surface area contributed by atoms with E-state index in [0.29, 0.717) is 12.3 Å². The molecular weight excluding hydrogens is 314 g/mol. The highest BCUT2D eigenvalue weighted by molar-refractivity contribution is 9.10. The molecular formula is C13H18BrNO2S. The van der Waals surface area contributed by atoms with Gasteiger partial charge in [-0.15, -0.1) is 0 Å². The normalized spacial score (nSPS) is 13.1. The maximum Gasteiger partial charge on any atom is 0.230 e. The average Bonchev–Trinajstić information content (AvgIpc) is 2.28. The van der Waals surface area contributed by atoms with Crippen LogP contribution in [0.4, 0.5) is 0 Å². The summed E-state index contributed by atoms with van der Waals surface area (Å²) in [6.07, 6.45) is 1.63. The Balaban J connectivity index is 2.70. The molecule has 0 saturated carbocycles. The molecule has 1 N–H and O–H groups in total. The van der Waals surface area contributed by atoms with Gasteiger partial charge in [0, 0.05) is 33.8 Å². The summed E-state index contributed by atoms with van der Waals surface area (Å²) in [7, 11) is -0.877. The number of carbonyl (C=O) groups is 1. The van der Waals surface area contributed by atoms with Crippen molar-refractivity contribution in [3.05, 3.63) is 34.3 Å². The molecule has 0 aliphatic heterocycles. The molecule has 3 nitrogen and oxygen atoms in total. The van der Waals surface area contributed by atoms with E-state index in [1.54, 1.807) is 6.26 Å². The van der Waals surface area contributed by atoms with Crippen LogP contribution in [0.5, 0.6) is 0 Å². The smallest absolute Gasteiger partial charge is 0.230 e. The fourth-order valence-corrected chi connectivity index (χ4v) is 2.18. The van der Waals surface area contributed by atoms with Gasteiger partial charge in [-0.3, -0.25) is 9.00 Å². The fourth-order valence-electron chi connectivity index (χ4n) is 1.53. The molecule has 0 heterocycles. The van der Waals surface area contributed by atoms with Crippen molar-refractivity contribution in [2.45, 2.75) is 19.3 Å². The van der Waals surface area contributed by atoms with E-state index in [1.165, 1.54) is 0 Å². The van der Waals surface area contributed by atoms with E-state index in [1.807, 2.05) is 38.1 Å². The molecule has 0 radical (unpaired) electrons. The first-order chi connectivity index (χ1) is 8.34. The maximum atomic E-state index is 12.1. The number of benzene rings is 1. The van der Waals surface area contributed by atoms with Crippen molar-refractivity contribution < 1.29 is 9.00 Å². The van der Waals surface area contributed by atoms with Gasteiger partial charge in [0.15, 0.2) is 0 Å². The zero-order valence-electron chi connectivity index (χ0n) is 10.8. The Hall–Kier alpha value is -0.680. The van der Waals surface area contributed by atoms with Gasteiger partial charge in [-0.05, 0) is 31.5 Å². The van der Waals surface area contributed by atoms with Gasteiger partial charge in [0.1, 0.15) is 0 Å². The predicted molar refractivity (Wildman–Crippen MR) is 79.1 cm³/mol. The van der Waals surface area contributed by atoms with Gasteiger partial charge in [-0.2, -0.15) is 0 Å². The average molecular weight is 332 g/mol. The van der Waals surface area contributed by atoms with E-state index in [2.05, 4.69) is 21.2 Å². The topological polar surface area (TPSA) is 46.2 Å². The quantitative estimate of drug-likeness (QED) is 0.899. The van der Waals surface area contributed by atoms with Crippen molar-refractivity contribution in [3.63, 3.8) is 0 Å². The maximum absolute atomic E-state index is 12.1. The Morgan fingerprint density at radius 2 is 1.89 bits per heavy atom. The van der Waals surface area contributed by atoms with Crippen LogP contribution in [0, 0.1) is 0 Å². The van der Waals surface area contributed by atoms with Gasteiger partial charge in [0.2, 0.25) is 5.91 Å². The number of rotatable bonds is 5. The molecule has 1 atom stereocenters. The van der Waals surface area contributed by atoms with Crippen LogP contribution in [0.15, 0.2) is 28.7 Å². The minimum atomic E-state index is -0.877. The van der Waals surface area contributed by atoms with Crippen LogP contribution >= 0.6 is 15.9 Å². The summed E-state index contributed by atoms with van der Waals surface area (Å²) >= 11 is 3.37. The van der Waals surface area contributed by atoms with Gasteiger partial charge in [-0.1, -0.05) is 28.1 Å². The second-order valence-electron chi connectivity index (χ2n) is 4.67. The molecule has 0 spiro atoms. The van der Waals surface area contributed by atoms with Gasteiger partial charge in [0.25, 0.3) is 0 Å². The number of amides is 1. The Bertz CT molecular complexity index is 443. The van der Waals surface area contributed by atoms with Crippen LogP contribution in [0.25, 0.3) is 0 Å². The molecule has 5 heteroatoms. The summed E-state index contributed by atoms with van der Waals surface area (Å²) in [5, 5.41) is 2.82. The summed E-state index contributed by atoms with van der Waals surface area (Å²) in [6.45, 7) is 4.21. The van der Waals surface area contributed by atoms with Crippen molar-refractivity contribution in [3.8, 4) is 0 Å². The summed E-state index contributed by atoms with van der Waals surface area (Å²) in [4.78, 5) is 12.1. The first-order valence-electron chi connectivity index (χ1n) is 5.68. The number of hydrogen-bond donors (Lipinski definition) is 1. The Morgan fingerprint density at radius 3 is 2.39 bits per heavy atom. The highest BCUT2D eigenvalue weighted by Crippen LogP contribution is 2.24. The van der Waals surface area contributed by atoms with Crippen molar-refractivity contribution >= 4 is 32.6 Å². The lowest BCUT2D eigenvalue weighted by atomic mass is 9.84. The van der Waals surface area contributed by atoms with E-state index in [-0.39, 0.29) is 5.91 Å². The minimum absolute atomic E-state index is 0.0460. The molecule has 1 unspecified atom stereocenters. The van der Waals surface area contributed by atoms with Crippen molar-refractivity contribution in [2.75, 3.05) is 18.6 Å². The van der Waals surface area contributed by atoms with Crippen LogP contribution in [0.3, 0.4) is 0 Å². The van der Waals surface area contributed by atoms with Gasteiger partial charge < -0.3 is 5.32 Å². The lowest BCUT2D eigenvalue weighted by molar-refractivity contribution is -0.125. The van der Waals surface area contributed by atoms with E-state index in [9.17, 15) is 9.00 Å². The molecule has 100 valence electrons. The van der Waals surface area contributed by atoms with Gasteiger partial charge >= 0.3 is 0 Å². The standard InChI is InChI=1S/C13H18BrNO2S/c1-13(2,10-4-6-11(14)7-5-10)12(16)15-8-9-18(3)17/h4-7H,8-9H2,1-3H3,(H,15,16). The minimum Gasteiger partial charge on any atom is -0.354 e. The summed E-state index contributed by atoms with van der Waals surface area (Å²) in [6, 6.07) is 7.71. The monoisotopic (exact) mass is 331 g/mol. The lowest BCUT2D eigenvalue weighted by Gasteiger charge is -2.24. The molecule has 0 aliphatic rings. The number of hydrogen-bond acceptors (Lipinski definition) is 2. The number of halogens is 1. The largest absolute Gasteiger partial charge is 0.354 e. The molecule has 1 amide bonds. The highest BCUT2D eigenvalue weighted by atomic mass is 79.9. The van der Waals surface area contributed by atoms with E-state index < -0.39 is 16.2 Å². The van der Waals surface area contributed by atoms with Crippen LogP contribution in [0.1, 0.15) is 19.4 Å². The molecule has 0 bridgehead atoms. The first-order valence-corrected chi connectivity index (χ1v) is 8.20. The van der Waals surface area contributed by atoms with Crippen LogP contribution < -0.4 is 5.32 Å². The molecule has 0 aliphatic carbocycles. The molecule has 0 saturated heterocycles. The Kier molecular flexibility index (Phi) is 5.53. The molecule has 18 heavy (non-hydrogen) atoms. The van der Waals surface area contributed by atoms with Crippen molar-refractivity contribution in [1.82, 2.24) is 5.32 Å². The first kappa shape index (κ1) is 15.4. The second kappa shape index (κ2) is 6.48. The molecule has 1 aromatic rings. The fraction of sp³-hybridized carbons (Fsp3) is 0.462. The third-order valence-corrected chi connectivity index (χ3v) is 4.12. The van der Waals surface area contributed by atoms with Gasteiger partial charge in [0.05, 0.1) is 5.41 Å². The highest BCUT2D eigenvalue weighted by Gasteiger charge is 2.29. The number of nitrogens with one attached hydrogen (secondary N) is 1. The SMILES string of the molecule is CS(=O)CCNC(=O)C(C)(C)c1ccc(Br)cc1. The molecule has 1 aromatic carbocycles. The summed E-state index contributed by atoms with van der Waals surface area (Å²) in [5.74, 6) is 0.442.